The minimum Gasteiger partial charge on any atom is -0.494 e. The number of nitrogens with one attached hydrogen (secondary N) is 1. The molecule has 2 rings (SSSR count). The number of methoxy groups -OCH3 is 1. The third-order valence-corrected chi connectivity index (χ3v) is 8.09. The Bertz CT molecular complexity index is 853. The number of fused-ring (bicyclic) bond motifs is 1. The van der Waals surface area contributed by atoms with Crippen LogP contribution in [0.15, 0.2) is 36.9 Å². The maximum atomic E-state index is 9.84. The highest BCUT2D eigenvalue weighted by atomic mass is 16.5. The molecule has 0 aromatic heterocycles. The first-order chi connectivity index (χ1) is 21.2. The van der Waals surface area contributed by atoms with Crippen molar-refractivity contribution in [3.63, 3.8) is 0 Å². The number of allylic oxidation sites excluding steroid dienone is 1. The Morgan fingerprint density at radius 1 is 0.750 bits per heavy atom. The van der Waals surface area contributed by atoms with Gasteiger partial charge in [0.1, 0.15) is 5.75 Å². The third kappa shape index (κ3) is 23.2. The minimum absolute atomic E-state index is 0.0320. The molecule has 44 heavy (non-hydrogen) atoms. The molecular formula is C40H71NO3. The topological polar surface area (TPSA) is 47.6 Å². The summed E-state index contributed by atoms with van der Waals surface area (Å²) in [5.74, 6) is 0.547. The maximum absolute atomic E-state index is 9.84. The second-order valence-corrected chi connectivity index (χ2v) is 12.9. The lowest BCUT2D eigenvalue weighted by atomic mass is 9.91. The fourth-order valence-electron chi connectivity index (χ4n) is 5.63. The molecule has 0 spiro atoms. The Morgan fingerprint density at radius 2 is 1.16 bits per heavy atom. The second kappa shape index (κ2) is 28.3. The standard InChI is InChI=1S/C22H46.C14H19NO.C4H6O2/c1-3-5-7-9-11-13-15-17-19-21-22-20-18-16-14-12-10-8-6-4-2;1-5-16-11-6-7-13-12(8-11)10(2)9-14(3,4)15-13;1-3-4(5)6-2/h3-22H2,1-2H3;6-9,15H,5H2,1-4H3;3H,1H2,2H3. The molecule has 0 radical (unpaired) electrons. The largest absolute Gasteiger partial charge is 0.494 e. The number of benzene rings is 1. The van der Waals surface area contributed by atoms with Crippen LogP contribution in [-0.2, 0) is 9.53 Å². The Balaban J connectivity index is 0.000000728. The first-order valence-electron chi connectivity index (χ1n) is 18.2. The van der Waals surface area contributed by atoms with E-state index >= 15 is 0 Å². The van der Waals surface area contributed by atoms with Crippen molar-refractivity contribution in [1.29, 1.82) is 0 Å². The Hall–Kier alpha value is -2.23. The number of esters is 1. The highest BCUT2D eigenvalue weighted by molar-refractivity contribution is 5.81. The summed E-state index contributed by atoms with van der Waals surface area (Å²) in [6.45, 7) is 17.0. The van der Waals surface area contributed by atoms with Crippen molar-refractivity contribution >= 4 is 17.2 Å². The van der Waals surface area contributed by atoms with Crippen LogP contribution >= 0.6 is 0 Å². The first kappa shape index (κ1) is 41.8. The van der Waals surface area contributed by atoms with Crippen LogP contribution in [0.4, 0.5) is 5.69 Å². The van der Waals surface area contributed by atoms with E-state index in [1.807, 2.05) is 13.0 Å². The quantitative estimate of drug-likeness (QED) is 0.0803. The Labute approximate surface area is 273 Å². The van der Waals surface area contributed by atoms with Gasteiger partial charge in [0.05, 0.1) is 19.3 Å². The van der Waals surface area contributed by atoms with E-state index in [9.17, 15) is 4.79 Å². The molecule has 0 atom stereocenters. The van der Waals surface area contributed by atoms with Crippen molar-refractivity contribution < 1.29 is 14.3 Å². The molecule has 1 heterocycles. The molecule has 4 nitrogen and oxygen atoms in total. The van der Waals surface area contributed by atoms with Crippen molar-refractivity contribution in [3.8, 4) is 5.75 Å². The Morgan fingerprint density at radius 3 is 1.48 bits per heavy atom. The number of unbranched alkanes of at least 4 members (excludes halogenated alkanes) is 19. The zero-order valence-electron chi connectivity index (χ0n) is 30.2. The normalized spacial score (nSPS) is 12.8. The number of rotatable bonds is 22. The van der Waals surface area contributed by atoms with Gasteiger partial charge >= 0.3 is 5.97 Å². The maximum Gasteiger partial charge on any atom is 0.329 e. The summed E-state index contributed by atoms with van der Waals surface area (Å²) >= 11 is 0. The molecule has 1 N–H and O–H groups in total. The molecule has 0 saturated heterocycles. The van der Waals surface area contributed by atoms with Gasteiger partial charge in [-0.25, -0.2) is 4.79 Å². The number of carbonyl (C=O) groups excluding carboxylic acids is 1. The van der Waals surface area contributed by atoms with Crippen molar-refractivity contribution in [2.75, 3.05) is 19.0 Å². The highest BCUT2D eigenvalue weighted by Gasteiger charge is 2.22. The number of anilines is 1. The molecule has 1 aromatic carbocycles. The van der Waals surface area contributed by atoms with Gasteiger partial charge in [-0.05, 0) is 51.5 Å². The number of carbonyl (C=O) groups is 1. The van der Waals surface area contributed by atoms with E-state index in [4.69, 9.17) is 4.74 Å². The number of hydrogen-bond acceptors (Lipinski definition) is 4. The number of hydrogen-bond donors (Lipinski definition) is 1. The van der Waals surface area contributed by atoms with Gasteiger partial charge in [0.15, 0.2) is 0 Å². The molecule has 1 aliphatic heterocycles. The lowest BCUT2D eigenvalue weighted by Gasteiger charge is -2.31. The van der Waals surface area contributed by atoms with Crippen LogP contribution in [0.2, 0.25) is 0 Å². The van der Waals surface area contributed by atoms with E-state index in [0.717, 1.165) is 11.8 Å². The summed E-state index contributed by atoms with van der Waals surface area (Å²) in [6, 6.07) is 6.22. The summed E-state index contributed by atoms with van der Waals surface area (Å²) in [4.78, 5) is 9.84. The molecule has 254 valence electrons. The predicted octanol–water partition coefficient (Wildman–Crippen LogP) is 12.9. The summed E-state index contributed by atoms with van der Waals surface area (Å²) in [7, 11) is 1.31. The van der Waals surface area contributed by atoms with E-state index in [1.54, 1.807) is 0 Å². The van der Waals surface area contributed by atoms with Crippen LogP contribution in [0.5, 0.6) is 5.75 Å². The van der Waals surface area contributed by atoms with E-state index < -0.39 is 5.97 Å². The smallest absolute Gasteiger partial charge is 0.329 e. The zero-order valence-corrected chi connectivity index (χ0v) is 30.2. The van der Waals surface area contributed by atoms with E-state index in [2.05, 4.69) is 69.5 Å². The van der Waals surface area contributed by atoms with E-state index in [0.29, 0.717) is 6.61 Å². The van der Waals surface area contributed by atoms with Gasteiger partial charge in [-0.15, -0.1) is 0 Å². The van der Waals surface area contributed by atoms with Crippen LogP contribution in [0.1, 0.15) is 176 Å². The predicted molar refractivity (Wildman–Crippen MR) is 195 cm³/mol. The number of ether oxygens (including phenoxy) is 2. The molecule has 0 bridgehead atoms. The summed E-state index contributed by atoms with van der Waals surface area (Å²) < 4.78 is 9.66. The molecule has 0 saturated carbocycles. The van der Waals surface area contributed by atoms with E-state index in [1.165, 1.54) is 152 Å². The first-order valence-corrected chi connectivity index (χ1v) is 18.2. The highest BCUT2D eigenvalue weighted by Crippen LogP contribution is 2.35. The van der Waals surface area contributed by atoms with Gasteiger partial charge < -0.3 is 14.8 Å². The summed E-state index contributed by atoms with van der Waals surface area (Å²) in [5, 5.41) is 3.50. The molecule has 0 fully saturated rings. The third-order valence-electron chi connectivity index (χ3n) is 8.09. The van der Waals surface area contributed by atoms with Crippen LogP contribution in [0.3, 0.4) is 0 Å². The molecule has 1 aromatic rings. The van der Waals surface area contributed by atoms with Crippen molar-refractivity contribution in [1.82, 2.24) is 0 Å². The summed E-state index contributed by atoms with van der Waals surface area (Å²) in [5.41, 5.74) is 3.77. The molecule has 0 amide bonds. The average Bonchev–Trinajstić information content (AvgIpc) is 3.00. The minimum atomic E-state index is -0.394. The fourth-order valence-corrected chi connectivity index (χ4v) is 5.63. The Kier molecular flexibility index (Phi) is 26.8. The molecule has 0 unspecified atom stereocenters. The molecular weight excluding hydrogens is 542 g/mol. The van der Waals surface area contributed by atoms with Crippen molar-refractivity contribution in [2.24, 2.45) is 0 Å². The zero-order chi connectivity index (χ0) is 32.9. The molecule has 0 aliphatic carbocycles. The SMILES string of the molecule is C=CC(=O)OC.CCCCCCCCCCCCCCCCCCCCCC.CCOc1ccc2c(c1)C(C)=CC(C)(C)N2. The van der Waals surface area contributed by atoms with Crippen molar-refractivity contribution in [2.45, 2.75) is 175 Å². The monoisotopic (exact) mass is 614 g/mol. The van der Waals surface area contributed by atoms with Gasteiger partial charge in [0, 0.05) is 17.3 Å². The lowest BCUT2D eigenvalue weighted by molar-refractivity contribution is -0.134. The van der Waals surface area contributed by atoms with Crippen molar-refractivity contribution in [3.05, 3.63) is 42.5 Å². The lowest BCUT2D eigenvalue weighted by Crippen LogP contribution is -2.31. The molecule has 4 heteroatoms. The van der Waals surface area contributed by atoms with Crippen LogP contribution in [0.25, 0.3) is 5.57 Å². The average molecular weight is 614 g/mol. The van der Waals surface area contributed by atoms with Gasteiger partial charge in [-0.1, -0.05) is 155 Å². The summed E-state index contributed by atoms with van der Waals surface area (Å²) in [6.07, 6.45) is 32.8. The van der Waals surface area contributed by atoms with Gasteiger partial charge in [-0.2, -0.15) is 0 Å². The van der Waals surface area contributed by atoms with Gasteiger partial charge in [0.25, 0.3) is 0 Å². The van der Waals surface area contributed by atoms with E-state index in [-0.39, 0.29) is 5.54 Å². The molecule has 1 aliphatic rings. The van der Waals surface area contributed by atoms with Crippen LogP contribution in [0, 0.1) is 0 Å². The van der Waals surface area contributed by atoms with Crippen LogP contribution in [-0.4, -0.2) is 25.2 Å². The fraction of sp³-hybridized carbons (Fsp3) is 0.725. The second-order valence-electron chi connectivity index (χ2n) is 12.9. The van der Waals surface area contributed by atoms with Gasteiger partial charge in [0.2, 0.25) is 0 Å². The van der Waals surface area contributed by atoms with Crippen LogP contribution < -0.4 is 10.1 Å². The van der Waals surface area contributed by atoms with Gasteiger partial charge in [-0.3, -0.25) is 0 Å².